The summed E-state index contributed by atoms with van der Waals surface area (Å²) in [6.07, 6.45) is 2.67. The minimum absolute atomic E-state index is 0.0533. The van der Waals surface area contributed by atoms with E-state index in [2.05, 4.69) is 0 Å². The standard InChI is InChI=1S/C16H28N2O5S/c1-3-23-16(20)14-6-5-9-17(12-14)15(19)13-7-10-18(11-8-13)24(21,22)4-2/h13-14H,3-12H2,1-2H3/t14-/m1/s1. The summed E-state index contributed by atoms with van der Waals surface area (Å²) in [7, 11) is -3.17. The summed E-state index contributed by atoms with van der Waals surface area (Å²) in [5, 5.41) is 0. The van der Waals surface area contributed by atoms with Gasteiger partial charge in [0.15, 0.2) is 0 Å². The van der Waals surface area contributed by atoms with E-state index in [1.165, 1.54) is 4.31 Å². The second kappa shape index (κ2) is 8.29. The number of carbonyl (C=O) groups excluding carboxylic acids is 2. The Morgan fingerprint density at radius 3 is 2.29 bits per heavy atom. The maximum Gasteiger partial charge on any atom is 0.310 e. The van der Waals surface area contributed by atoms with Gasteiger partial charge in [0.25, 0.3) is 0 Å². The molecule has 2 heterocycles. The number of rotatable bonds is 5. The molecule has 0 spiro atoms. The van der Waals surface area contributed by atoms with Crippen LogP contribution in [0.4, 0.5) is 0 Å². The van der Waals surface area contributed by atoms with Crippen molar-refractivity contribution in [2.24, 2.45) is 11.8 Å². The van der Waals surface area contributed by atoms with Gasteiger partial charge in [0.1, 0.15) is 0 Å². The van der Waals surface area contributed by atoms with Crippen LogP contribution in [-0.2, 0) is 24.3 Å². The summed E-state index contributed by atoms with van der Waals surface area (Å²) < 4.78 is 30.3. The van der Waals surface area contributed by atoms with Crippen molar-refractivity contribution in [3.05, 3.63) is 0 Å². The average Bonchev–Trinajstić information content (AvgIpc) is 2.61. The van der Waals surface area contributed by atoms with Gasteiger partial charge < -0.3 is 9.64 Å². The molecule has 0 bridgehead atoms. The number of esters is 1. The summed E-state index contributed by atoms with van der Waals surface area (Å²) in [5.41, 5.74) is 0. The van der Waals surface area contributed by atoms with Gasteiger partial charge in [-0.25, -0.2) is 12.7 Å². The number of sulfonamides is 1. The molecule has 0 aromatic heterocycles. The van der Waals surface area contributed by atoms with E-state index in [0.717, 1.165) is 12.8 Å². The number of hydrogen-bond donors (Lipinski definition) is 0. The van der Waals surface area contributed by atoms with Crippen LogP contribution in [0.25, 0.3) is 0 Å². The zero-order valence-electron chi connectivity index (χ0n) is 14.6. The summed E-state index contributed by atoms with van der Waals surface area (Å²) >= 11 is 0. The number of amides is 1. The van der Waals surface area contributed by atoms with E-state index in [-0.39, 0.29) is 29.5 Å². The predicted octanol–water partition coefficient (Wildman–Crippen LogP) is 0.850. The predicted molar refractivity (Wildman–Crippen MR) is 89.7 cm³/mol. The largest absolute Gasteiger partial charge is 0.466 e. The number of carbonyl (C=O) groups is 2. The van der Waals surface area contributed by atoms with Crippen molar-refractivity contribution in [2.45, 2.75) is 39.5 Å². The lowest BCUT2D eigenvalue weighted by atomic mass is 9.93. The molecule has 1 amide bonds. The van der Waals surface area contributed by atoms with Gasteiger partial charge in [-0.3, -0.25) is 9.59 Å². The van der Waals surface area contributed by atoms with Gasteiger partial charge in [0.2, 0.25) is 15.9 Å². The molecule has 0 radical (unpaired) electrons. The third-order valence-corrected chi connectivity index (χ3v) is 6.80. The smallest absolute Gasteiger partial charge is 0.310 e. The number of piperidine rings is 2. The second-order valence-corrected chi connectivity index (χ2v) is 8.71. The fourth-order valence-electron chi connectivity index (χ4n) is 3.45. The van der Waals surface area contributed by atoms with E-state index in [9.17, 15) is 18.0 Å². The fourth-order valence-corrected chi connectivity index (χ4v) is 4.58. The SMILES string of the molecule is CCOC(=O)[C@@H]1CCCN(C(=O)C2CCN(S(=O)(=O)CC)CC2)C1. The first-order valence-corrected chi connectivity index (χ1v) is 10.4. The molecule has 0 aromatic carbocycles. The maximum absolute atomic E-state index is 12.7. The first-order valence-electron chi connectivity index (χ1n) is 8.82. The van der Waals surface area contributed by atoms with Crippen molar-refractivity contribution >= 4 is 21.9 Å². The van der Waals surface area contributed by atoms with Gasteiger partial charge in [0.05, 0.1) is 18.3 Å². The first kappa shape index (κ1) is 19.2. The van der Waals surface area contributed by atoms with E-state index in [1.54, 1.807) is 18.7 Å². The van der Waals surface area contributed by atoms with Crippen LogP contribution < -0.4 is 0 Å². The number of likely N-dealkylation sites (tertiary alicyclic amines) is 1. The molecule has 0 unspecified atom stereocenters. The van der Waals surface area contributed by atoms with Crippen LogP contribution in [0.5, 0.6) is 0 Å². The zero-order valence-corrected chi connectivity index (χ0v) is 15.4. The molecule has 2 aliphatic heterocycles. The van der Waals surface area contributed by atoms with Gasteiger partial charge in [-0.15, -0.1) is 0 Å². The van der Waals surface area contributed by atoms with Crippen LogP contribution in [0, 0.1) is 11.8 Å². The van der Waals surface area contributed by atoms with Crippen molar-refractivity contribution in [3.63, 3.8) is 0 Å². The Balaban J connectivity index is 1.89. The van der Waals surface area contributed by atoms with Crippen LogP contribution in [0.3, 0.4) is 0 Å². The van der Waals surface area contributed by atoms with E-state index < -0.39 is 10.0 Å². The topological polar surface area (TPSA) is 84.0 Å². The quantitative estimate of drug-likeness (QED) is 0.679. The molecule has 0 aromatic rings. The van der Waals surface area contributed by atoms with E-state index >= 15 is 0 Å². The lowest BCUT2D eigenvalue weighted by Gasteiger charge is -2.36. The number of nitrogens with zero attached hydrogens (tertiary/aromatic N) is 2. The Bertz CT molecular complexity index is 555. The van der Waals surface area contributed by atoms with Gasteiger partial charge in [-0.2, -0.15) is 0 Å². The first-order chi connectivity index (χ1) is 11.4. The summed E-state index contributed by atoms with van der Waals surface area (Å²) in [4.78, 5) is 26.4. The van der Waals surface area contributed by atoms with Crippen LogP contribution in [0.2, 0.25) is 0 Å². The summed E-state index contributed by atoms with van der Waals surface area (Å²) in [6.45, 7) is 5.67. The molecule has 2 aliphatic rings. The number of ether oxygens (including phenoxy) is 1. The van der Waals surface area contributed by atoms with Gasteiger partial charge in [0, 0.05) is 32.1 Å². The molecule has 138 valence electrons. The summed E-state index contributed by atoms with van der Waals surface area (Å²) in [5.74, 6) is -0.451. The monoisotopic (exact) mass is 360 g/mol. The van der Waals surface area contributed by atoms with Crippen LogP contribution in [0.1, 0.15) is 39.5 Å². The lowest BCUT2D eigenvalue weighted by molar-refractivity contribution is -0.152. The highest BCUT2D eigenvalue weighted by atomic mass is 32.2. The van der Waals surface area contributed by atoms with Gasteiger partial charge in [-0.05, 0) is 39.5 Å². The third-order valence-electron chi connectivity index (χ3n) is 4.91. The molecule has 8 heteroatoms. The Morgan fingerprint density at radius 2 is 1.71 bits per heavy atom. The molecular formula is C16H28N2O5S. The normalized spacial score (nSPS) is 23.9. The Labute approximate surface area is 144 Å². The molecule has 2 fully saturated rings. The number of hydrogen-bond acceptors (Lipinski definition) is 5. The highest BCUT2D eigenvalue weighted by Gasteiger charge is 2.35. The summed E-state index contributed by atoms with van der Waals surface area (Å²) in [6, 6.07) is 0. The highest BCUT2D eigenvalue weighted by molar-refractivity contribution is 7.89. The third kappa shape index (κ3) is 4.47. The van der Waals surface area contributed by atoms with Crippen molar-refractivity contribution in [3.8, 4) is 0 Å². The molecule has 2 saturated heterocycles. The Hall–Kier alpha value is -1.15. The Kier molecular flexibility index (Phi) is 6.62. The van der Waals surface area contributed by atoms with Crippen LogP contribution in [0.15, 0.2) is 0 Å². The molecule has 0 N–H and O–H groups in total. The van der Waals surface area contributed by atoms with Crippen molar-refractivity contribution in [1.29, 1.82) is 0 Å². The van der Waals surface area contributed by atoms with E-state index in [4.69, 9.17) is 4.74 Å². The van der Waals surface area contributed by atoms with Crippen molar-refractivity contribution in [1.82, 2.24) is 9.21 Å². The van der Waals surface area contributed by atoms with Crippen LogP contribution in [-0.4, -0.2) is 68.0 Å². The molecule has 24 heavy (non-hydrogen) atoms. The van der Waals surface area contributed by atoms with Crippen molar-refractivity contribution < 1.29 is 22.7 Å². The fraction of sp³-hybridized carbons (Fsp3) is 0.875. The molecule has 1 atom stereocenters. The Morgan fingerprint density at radius 1 is 1.04 bits per heavy atom. The van der Waals surface area contributed by atoms with E-state index in [1.807, 2.05) is 0 Å². The minimum Gasteiger partial charge on any atom is -0.466 e. The highest BCUT2D eigenvalue weighted by Crippen LogP contribution is 2.25. The molecule has 2 rings (SSSR count). The molecular weight excluding hydrogens is 332 g/mol. The molecule has 0 aliphatic carbocycles. The maximum atomic E-state index is 12.7. The lowest BCUT2D eigenvalue weighted by Crippen LogP contribution is -2.48. The zero-order chi connectivity index (χ0) is 17.7. The van der Waals surface area contributed by atoms with Gasteiger partial charge in [-0.1, -0.05) is 0 Å². The molecule has 7 nitrogen and oxygen atoms in total. The second-order valence-electron chi connectivity index (χ2n) is 6.45. The van der Waals surface area contributed by atoms with Crippen LogP contribution >= 0.6 is 0 Å². The minimum atomic E-state index is -3.17. The van der Waals surface area contributed by atoms with Crippen molar-refractivity contribution in [2.75, 3.05) is 38.5 Å². The van der Waals surface area contributed by atoms with Gasteiger partial charge >= 0.3 is 5.97 Å². The van der Waals surface area contributed by atoms with E-state index in [0.29, 0.717) is 45.6 Å². The average molecular weight is 360 g/mol. The molecule has 0 saturated carbocycles.